The lowest BCUT2D eigenvalue weighted by Gasteiger charge is -2.17. The smallest absolute Gasteiger partial charge is 0.0590 e. The molecule has 3 heteroatoms. The largest absolute Gasteiger partial charge is 0.380 e. The quantitative estimate of drug-likeness (QED) is 0.600. The molecular formula is C14H31NO2. The molecule has 0 amide bonds. The number of nitrogens with one attached hydrogen (secondary N) is 1. The summed E-state index contributed by atoms with van der Waals surface area (Å²) in [5.41, 5.74) is 0.377. The molecule has 0 aliphatic heterocycles. The predicted octanol–water partition coefficient (Wildman–Crippen LogP) is 2.84. The van der Waals surface area contributed by atoms with E-state index in [1.807, 2.05) is 0 Å². The van der Waals surface area contributed by atoms with E-state index in [2.05, 4.69) is 39.9 Å². The highest BCUT2D eigenvalue weighted by molar-refractivity contribution is 4.60. The lowest BCUT2D eigenvalue weighted by molar-refractivity contribution is 0.0759. The molecule has 0 aliphatic carbocycles. The highest BCUT2D eigenvalue weighted by atomic mass is 16.5. The van der Waals surface area contributed by atoms with Crippen LogP contribution in [0.1, 0.15) is 47.5 Å². The van der Waals surface area contributed by atoms with Gasteiger partial charge in [-0.3, -0.25) is 0 Å². The maximum absolute atomic E-state index is 5.56. The van der Waals surface area contributed by atoms with E-state index in [1.54, 1.807) is 0 Å². The molecule has 104 valence electrons. The first-order valence-corrected chi connectivity index (χ1v) is 6.82. The Hall–Kier alpha value is -0.120. The molecule has 17 heavy (non-hydrogen) atoms. The third kappa shape index (κ3) is 15.9. The predicted molar refractivity (Wildman–Crippen MR) is 73.5 cm³/mol. The van der Waals surface area contributed by atoms with E-state index in [1.165, 1.54) is 0 Å². The molecule has 0 spiro atoms. The molecule has 0 aromatic rings. The highest BCUT2D eigenvalue weighted by Crippen LogP contribution is 2.17. The van der Waals surface area contributed by atoms with Crippen LogP contribution >= 0.6 is 0 Å². The summed E-state index contributed by atoms with van der Waals surface area (Å²) in [6, 6.07) is 0. The molecule has 0 unspecified atom stereocenters. The lowest BCUT2D eigenvalue weighted by Crippen LogP contribution is -2.23. The summed E-state index contributed by atoms with van der Waals surface area (Å²) in [4.78, 5) is 0. The third-order valence-corrected chi connectivity index (χ3v) is 2.37. The van der Waals surface area contributed by atoms with Gasteiger partial charge in [-0.05, 0) is 38.6 Å². The number of rotatable bonds is 10. The average Bonchev–Trinajstić information content (AvgIpc) is 2.18. The third-order valence-electron chi connectivity index (χ3n) is 2.37. The van der Waals surface area contributed by atoms with Crippen molar-refractivity contribution >= 4 is 0 Å². The van der Waals surface area contributed by atoms with E-state index < -0.39 is 0 Å². The van der Waals surface area contributed by atoms with Gasteiger partial charge in [-0.2, -0.15) is 0 Å². The summed E-state index contributed by atoms with van der Waals surface area (Å²) in [6.07, 6.45) is 2.53. The normalized spacial score (nSPS) is 12.4. The fraction of sp³-hybridized carbons (Fsp3) is 1.00. The molecule has 0 rings (SSSR count). The molecule has 0 aliphatic rings. The van der Waals surface area contributed by atoms with Crippen LogP contribution in [-0.4, -0.2) is 39.0 Å². The van der Waals surface area contributed by atoms with E-state index in [0.29, 0.717) is 11.5 Å². The highest BCUT2D eigenvalue weighted by Gasteiger charge is 2.08. The van der Waals surface area contributed by atoms with Gasteiger partial charge >= 0.3 is 0 Å². The van der Waals surface area contributed by atoms with Gasteiger partial charge in [0.1, 0.15) is 0 Å². The molecule has 0 atom stereocenters. The molecule has 0 radical (unpaired) electrons. The zero-order valence-corrected chi connectivity index (χ0v) is 12.3. The van der Waals surface area contributed by atoms with Crippen molar-refractivity contribution in [1.29, 1.82) is 0 Å². The SMILES string of the molecule is CC(C)OCCCNCCOCCC(C)(C)C. The van der Waals surface area contributed by atoms with Crippen molar-refractivity contribution in [2.24, 2.45) is 5.41 Å². The van der Waals surface area contributed by atoms with Gasteiger partial charge in [0.25, 0.3) is 0 Å². The van der Waals surface area contributed by atoms with Crippen molar-refractivity contribution in [2.75, 3.05) is 32.9 Å². The molecule has 1 N–H and O–H groups in total. The molecule has 3 nitrogen and oxygen atoms in total. The van der Waals surface area contributed by atoms with Crippen LogP contribution in [0.2, 0.25) is 0 Å². The Bertz CT molecular complexity index is 164. The summed E-state index contributed by atoms with van der Waals surface area (Å²) in [5.74, 6) is 0. The number of hydrogen-bond donors (Lipinski definition) is 1. The second-order valence-corrected chi connectivity index (χ2v) is 5.95. The first kappa shape index (κ1) is 16.9. The maximum atomic E-state index is 5.56. The van der Waals surface area contributed by atoms with Crippen LogP contribution in [0.5, 0.6) is 0 Å². The van der Waals surface area contributed by atoms with Crippen LogP contribution in [0.25, 0.3) is 0 Å². The van der Waals surface area contributed by atoms with E-state index in [9.17, 15) is 0 Å². The van der Waals surface area contributed by atoms with Crippen molar-refractivity contribution in [3.63, 3.8) is 0 Å². The Balaban J connectivity index is 3.04. The Kier molecular flexibility index (Phi) is 9.79. The van der Waals surface area contributed by atoms with E-state index in [4.69, 9.17) is 9.47 Å². The van der Waals surface area contributed by atoms with Crippen LogP contribution in [0.3, 0.4) is 0 Å². The second kappa shape index (κ2) is 9.86. The van der Waals surface area contributed by atoms with Gasteiger partial charge in [0.05, 0.1) is 12.7 Å². The van der Waals surface area contributed by atoms with Crippen LogP contribution in [0.4, 0.5) is 0 Å². The Labute approximate surface area is 107 Å². The number of hydrogen-bond acceptors (Lipinski definition) is 3. The summed E-state index contributed by atoms with van der Waals surface area (Å²) >= 11 is 0. The lowest BCUT2D eigenvalue weighted by atomic mass is 9.93. The van der Waals surface area contributed by atoms with E-state index in [0.717, 1.165) is 45.8 Å². The van der Waals surface area contributed by atoms with E-state index in [-0.39, 0.29) is 0 Å². The van der Waals surface area contributed by atoms with Gasteiger partial charge in [0.2, 0.25) is 0 Å². The van der Waals surface area contributed by atoms with Crippen LogP contribution < -0.4 is 5.32 Å². The molecule has 0 aromatic carbocycles. The molecule has 0 saturated carbocycles. The fourth-order valence-corrected chi connectivity index (χ4v) is 1.27. The second-order valence-electron chi connectivity index (χ2n) is 5.95. The standard InChI is InChI=1S/C14H31NO2/c1-13(2)17-10-6-8-15-9-12-16-11-7-14(3,4)5/h13,15H,6-12H2,1-5H3. The zero-order chi connectivity index (χ0) is 13.1. The van der Waals surface area contributed by atoms with Gasteiger partial charge < -0.3 is 14.8 Å². The minimum atomic E-state index is 0.343. The Morgan fingerprint density at radius 3 is 2.29 bits per heavy atom. The van der Waals surface area contributed by atoms with Gasteiger partial charge in [-0.15, -0.1) is 0 Å². The van der Waals surface area contributed by atoms with Crippen molar-refractivity contribution in [3.8, 4) is 0 Å². The molecule has 0 bridgehead atoms. The van der Waals surface area contributed by atoms with Crippen LogP contribution in [-0.2, 0) is 9.47 Å². The van der Waals surface area contributed by atoms with Crippen molar-refractivity contribution in [3.05, 3.63) is 0 Å². The van der Waals surface area contributed by atoms with Gasteiger partial charge in [-0.25, -0.2) is 0 Å². The Morgan fingerprint density at radius 1 is 1.00 bits per heavy atom. The van der Waals surface area contributed by atoms with Crippen LogP contribution in [0, 0.1) is 5.41 Å². The van der Waals surface area contributed by atoms with E-state index >= 15 is 0 Å². The minimum absolute atomic E-state index is 0.343. The number of ether oxygens (including phenoxy) is 2. The summed E-state index contributed by atoms with van der Waals surface area (Å²) in [5, 5.41) is 3.35. The van der Waals surface area contributed by atoms with Crippen LogP contribution in [0.15, 0.2) is 0 Å². The molecule has 0 saturated heterocycles. The Morgan fingerprint density at radius 2 is 1.71 bits per heavy atom. The molecule has 0 heterocycles. The summed E-state index contributed by atoms with van der Waals surface area (Å²) in [6.45, 7) is 15.3. The van der Waals surface area contributed by atoms with Crippen molar-refractivity contribution < 1.29 is 9.47 Å². The van der Waals surface area contributed by atoms with Crippen molar-refractivity contribution in [1.82, 2.24) is 5.32 Å². The summed E-state index contributed by atoms with van der Waals surface area (Å²) in [7, 11) is 0. The zero-order valence-electron chi connectivity index (χ0n) is 12.3. The maximum Gasteiger partial charge on any atom is 0.0590 e. The van der Waals surface area contributed by atoms with Gasteiger partial charge in [0.15, 0.2) is 0 Å². The first-order chi connectivity index (χ1) is 7.92. The molecular weight excluding hydrogens is 214 g/mol. The monoisotopic (exact) mass is 245 g/mol. The average molecular weight is 245 g/mol. The minimum Gasteiger partial charge on any atom is -0.380 e. The topological polar surface area (TPSA) is 30.5 Å². The summed E-state index contributed by atoms with van der Waals surface area (Å²) < 4.78 is 11.0. The fourth-order valence-electron chi connectivity index (χ4n) is 1.27. The van der Waals surface area contributed by atoms with Gasteiger partial charge in [0, 0.05) is 19.8 Å². The first-order valence-electron chi connectivity index (χ1n) is 6.82. The molecule has 0 aromatic heterocycles. The molecule has 0 fully saturated rings. The van der Waals surface area contributed by atoms with Crippen molar-refractivity contribution in [2.45, 2.75) is 53.6 Å². The van der Waals surface area contributed by atoms with Gasteiger partial charge in [-0.1, -0.05) is 20.8 Å².